The Bertz CT molecular complexity index is 455. The third-order valence-electron chi connectivity index (χ3n) is 2.08. The highest BCUT2D eigenvalue weighted by Gasteiger charge is 2.08. The lowest BCUT2D eigenvalue weighted by atomic mass is 10.4. The molecule has 0 saturated carbocycles. The van der Waals surface area contributed by atoms with E-state index >= 15 is 0 Å². The zero-order valence-electron chi connectivity index (χ0n) is 8.50. The van der Waals surface area contributed by atoms with E-state index < -0.39 is 6.10 Å². The van der Waals surface area contributed by atoms with Crippen molar-refractivity contribution in [1.82, 2.24) is 19.9 Å². The van der Waals surface area contributed by atoms with E-state index in [2.05, 4.69) is 19.9 Å². The van der Waals surface area contributed by atoms with Crippen LogP contribution in [0.4, 0.5) is 0 Å². The molecule has 0 atom stereocenters. The molecule has 0 radical (unpaired) electrons. The van der Waals surface area contributed by atoms with E-state index in [1.165, 1.54) is 6.33 Å². The molecule has 86 valence electrons. The molecule has 16 heavy (non-hydrogen) atoms. The molecule has 2 aromatic rings. The van der Waals surface area contributed by atoms with Gasteiger partial charge in [0.05, 0.1) is 25.7 Å². The van der Waals surface area contributed by atoms with Crippen LogP contribution in [-0.2, 0) is 11.3 Å². The first-order chi connectivity index (χ1) is 7.83. The number of aliphatic hydroxyl groups excluding tert-OH is 2. The number of fused-ring (bicyclic) bond motifs is 1. The molecule has 2 aromatic heterocycles. The molecular weight excluding hydrogens is 212 g/mol. The normalized spacial score (nSPS) is 11.4. The fourth-order valence-corrected chi connectivity index (χ4v) is 1.20. The number of rotatable bonds is 5. The summed E-state index contributed by atoms with van der Waals surface area (Å²) in [5, 5.41) is 17.6. The minimum absolute atomic E-state index is 0.134. The van der Waals surface area contributed by atoms with Crippen LogP contribution in [-0.4, -0.2) is 49.5 Å². The van der Waals surface area contributed by atoms with Gasteiger partial charge in [-0.15, -0.1) is 0 Å². The lowest BCUT2D eigenvalue weighted by Gasteiger charge is -2.11. The molecule has 7 heteroatoms. The number of aliphatic hydroxyl groups is 2. The van der Waals surface area contributed by atoms with Crippen LogP contribution in [0, 0.1) is 0 Å². The monoisotopic (exact) mass is 224 g/mol. The minimum Gasteiger partial charge on any atom is -0.394 e. The average molecular weight is 224 g/mol. The molecule has 0 spiro atoms. The van der Waals surface area contributed by atoms with Crippen LogP contribution in [0.15, 0.2) is 12.5 Å². The van der Waals surface area contributed by atoms with Crippen LogP contribution < -0.4 is 0 Å². The summed E-state index contributed by atoms with van der Waals surface area (Å²) in [5.74, 6) is 0.464. The summed E-state index contributed by atoms with van der Waals surface area (Å²) in [5.41, 5.74) is 1.32. The molecule has 0 fully saturated rings. The highest BCUT2D eigenvalue weighted by Crippen LogP contribution is 2.05. The van der Waals surface area contributed by atoms with E-state index in [9.17, 15) is 0 Å². The number of hydrogen-bond donors (Lipinski definition) is 3. The summed E-state index contributed by atoms with van der Waals surface area (Å²) in [6.07, 6.45) is 2.55. The molecule has 0 aromatic carbocycles. The van der Waals surface area contributed by atoms with Crippen molar-refractivity contribution in [2.75, 3.05) is 13.2 Å². The number of H-pyrrole nitrogens is 1. The zero-order valence-corrected chi connectivity index (χ0v) is 8.50. The Balaban J connectivity index is 2.03. The van der Waals surface area contributed by atoms with Gasteiger partial charge < -0.3 is 19.9 Å². The maximum absolute atomic E-state index is 8.80. The molecule has 0 bridgehead atoms. The van der Waals surface area contributed by atoms with E-state index in [1.807, 2.05) is 0 Å². The SMILES string of the molecule is OCC(CO)OCc1ncc2[nH]cnc2n1. The van der Waals surface area contributed by atoms with Crippen molar-refractivity contribution in [3.05, 3.63) is 18.3 Å². The number of aromatic nitrogens is 4. The first-order valence-electron chi connectivity index (χ1n) is 4.82. The van der Waals surface area contributed by atoms with Gasteiger partial charge >= 0.3 is 0 Å². The predicted octanol–water partition coefficient (Wildman–Crippen LogP) is -0.777. The van der Waals surface area contributed by atoms with Crippen molar-refractivity contribution in [3.63, 3.8) is 0 Å². The molecule has 0 unspecified atom stereocenters. The number of hydrogen-bond acceptors (Lipinski definition) is 6. The van der Waals surface area contributed by atoms with Gasteiger partial charge in [0.1, 0.15) is 18.2 Å². The third-order valence-corrected chi connectivity index (χ3v) is 2.08. The van der Waals surface area contributed by atoms with Gasteiger partial charge in [0.15, 0.2) is 11.5 Å². The van der Waals surface area contributed by atoms with Crippen LogP contribution in [0.25, 0.3) is 11.2 Å². The number of ether oxygens (including phenoxy) is 1. The van der Waals surface area contributed by atoms with E-state index in [4.69, 9.17) is 14.9 Å². The van der Waals surface area contributed by atoms with Gasteiger partial charge in [-0.25, -0.2) is 15.0 Å². The highest BCUT2D eigenvalue weighted by atomic mass is 16.5. The van der Waals surface area contributed by atoms with Crippen LogP contribution in [0.2, 0.25) is 0 Å². The summed E-state index contributed by atoms with van der Waals surface area (Å²) in [6.45, 7) is -0.336. The Morgan fingerprint density at radius 1 is 1.31 bits per heavy atom. The average Bonchev–Trinajstić information content (AvgIpc) is 2.77. The molecule has 0 saturated heterocycles. The molecule has 0 aliphatic heterocycles. The van der Waals surface area contributed by atoms with Crippen LogP contribution in [0.5, 0.6) is 0 Å². The zero-order chi connectivity index (χ0) is 11.4. The van der Waals surface area contributed by atoms with Gasteiger partial charge in [0, 0.05) is 0 Å². The van der Waals surface area contributed by atoms with Crippen LogP contribution in [0.1, 0.15) is 5.82 Å². The molecule has 0 amide bonds. The largest absolute Gasteiger partial charge is 0.394 e. The van der Waals surface area contributed by atoms with Gasteiger partial charge in [-0.1, -0.05) is 0 Å². The predicted molar refractivity (Wildman–Crippen MR) is 54.4 cm³/mol. The second-order valence-electron chi connectivity index (χ2n) is 3.22. The standard InChI is InChI=1S/C9H12N4O3/c14-2-6(3-15)16-4-8-10-1-7-9(13-8)12-5-11-7/h1,5-6,14-15H,2-4H2,(H,10,11,12,13). The summed E-state index contributed by atoms with van der Waals surface area (Å²) in [6, 6.07) is 0. The Hall–Kier alpha value is -1.57. The maximum atomic E-state index is 8.80. The van der Waals surface area contributed by atoms with Crippen molar-refractivity contribution >= 4 is 11.2 Å². The first-order valence-corrected chi connectivity index (χ1v) is 4.82. The Morgan fingerprint density at radius 3 is 2.88 bits per heavy atom. The molecule has 0 aliphatic carbocycles. The first kappa shape index (κ1) is 10.9. The van der Waals surface area contributed by atoms with Gasteiger partial charge in [0.25, 0.3) is 0 Å². The van der Waals surface area contributed by atoms with Crippen molar-refractivity contribution in [2.24, 2.45) is 0 Å². The van der Waals surface area contributed by atoms with E-state index in [0.717, 1.165) is 5.52 Å². The quantitative estimate of drug-likeness (QED) is 0.615. The second-order valence-corrected chi connectivity index (χ2v) is 3.22. The fourth-order valence-electron chi connectivity index (χ4n) is 1.20. The molecule has 2 rings (SSSR count). The van der Waals surface area contributed by atoms with Crippen LogP contribution in [0.3, 0.4) is 0 Å². The van der Waals surface area contributed by atoms with Crippen molar-refractivity contribution < 1.29 is 14.9 Å². The van der Waals surface area contributed by atoms with Crippen molar-refractivity contribution in [1.29, 1.82) is 0 Å². The van der Waals surface area contributed by atoms with Gasteiger partial charge in [-0.2, -0.15) is 0 Å². The van der Waals surface area contributed by atoms with Crippen molar-refractivity contribution in [3.8, 4) is 0 Å². The summed E-state index contributed by atoms with van der Waals surface area (Å²) < 4.78 is 5.19. The lowest BCUT2D eigenvalue weighted by Crippen LogP contribution is -2.22. The number of nitrogens with one attached hydrogen (secondary N) is 1. The fraction of sp³-hybridized carbons (Fsp3) is 0.444. The molecule has 7 nitrogen and oxygen atoms in total. The van der Waals surface area contributed by atoms with Gasteiger partial charge in [-0.05, 0) is 0 Å². The highest BCUT2D eigenvalue weighted by molar-refractivity contribution is 5.67. The second kappa shape index (κ2) is 4.97. The van der Waals surface area contributed by atoms with E-state index in [0.29, 0.717) is 11.5 Å². The van der Waals surface area contributed by atoms with E-state index in [-0.39, 0.29) is 19.8 Å². The summed E-state index contributed by atoms with van der Waals surface area (Å²) in [7, 11) is 0. The molecule has 2 heterocycles. The number of nitrogens with zero attached hydrogens (tertiary/aromatic N) is 3. The van der Waals surface area contributed by atoms with Crippen LogP contribution >= 0.6 is 0 Å². The van der Waals surface area contributed by atoms with Gasteiger partial charge in [0.2, 0.25) is 0 Å². The number of aromatic amines is 1. The van der Waals surface area contributed by atoms with Gasteiger partial charge in [-0.3, -0.25) is 0 Å². The summed E-state index contributed by atoms with van der Waals surface area (Å²) >= 11 is 0. The van der Waals surface area contributed by atoms with E-state index in [1.54, 1.807) is 6.20 Å². The maximum Gasteiger partial charge on any atom is 0.180 e. The smallest absolute Gasteiger partial charge is 0.180 e. The molecule has 0 aliphatic rings. The Kier molecular flexibility index (Phi) is 3.40. The molecule has 3 N–H and O–H groups in total. The summed E-state index contributed by atoms with van der Waals surface area (Å²) in [4.78, 5) is 15.0. The van der Waals surface area contributed by atoms with Crippen molar-refractivity contribution in [2.45, 2.75) is 12.7 Å². The molecular formula is C9H12N4O3. The Morgan fingerprint density at radius 2 is 2.12 bits per heavy atom. The minimum atomic E-state index is -0.599. The third kappa shape index (κ3) is 2.32. The topological polar surface area (TPSA) is 104 Å². The lowest BCUT2D eigenvalue weighted by molar-refractivity contribution is -0.0306. The number of imidazole rings is 1. The Labute approximate surface area is 91.1 Å².